The van der Waals surface area contributed by atoms with Crippen LogP contribution in [0.2, 0.25) is 0 Å². The number of rotatable bonds is 6. The second kappa shape index (κ2) is 8.44. The minimum atomic E-state index is -0.238. The van der Waals surface area contributed by atoms with Gasteiger partial charge in [-0.25, -0.2) is 4.79 Å². The Morgan fingerprint density at radius 1 is 1.17 bits per heavy atom. The topological polar surface area (TPSA) is 65.4 Å². The maximum atomic E-state index is 11.9. The van der Waals surface area contributed by atoms with Crippen LogP contribution in [-0.2, 0) is 6.61 Å². The van der Waals surface area contributed by atoms with Crippen LogP contribution in [-0.4, -0.2) is 24.5 Å². The highest BCUT2D eigenvalue weighted by Gasteiger charge is 2.08. The lowest BCUT2D eigenvalue weighted by atomic mass is 10.2. The lowest BCUT2D eigenvalue weighted by Gasteiger charge is -2.16. The van der Waals surface area contributed by atoms with Crippen molar-refractivity contribution in [3.8, 4) is 11.8 Å². The van der Waals surface area contributed by atoms with Crippen molar-refractivity contribution in [1.82, 2.24) is 4.90 Å². The number of urea groups is 1. The van der Waals surface area contributed by atoms with Crippen molar-refractivity contribution < 1.29 is 9.53 Å². The second-order valence-electron chi connectivity index (χ2n) is 5.06. The van der Waals surface area contributed by atoms with Crippen molar-refractivity contribution in [3.05, 3.63) is 60.2 Å². The minimum absolute atomic E-state index is 0.238. The maximum absolute atomic E-state index is 11.9. The molecule has 0 saturated carbocycles. The molecule has 0 saturated heterocycles. The molecule has 0 unspecified atom stereocenters. The summed E-state index contributed by atoms with van der Waals surface area (Å²) < 4.78 is 5.69. The highest BCUT2D eigenvalue weighted by molar-refractivity contribution is 5.89. The summed E-state index contributed by atoms with van der Waals surface area (Å²) in [5, 5.41) is 11.3. The Balaban J connectivity index is 1.84. The quantitative estimate of drug-likeness (QED) is 0.886. The molecule has 118 valence electrons. The monoisotopic (exact) mass is 309 g/mol. The SMILES string of the molecule is CN(CCC#N)C(=O)Nc1ccc(OCc2ccccc2)cc1. The molecule has 23 heavy (non-hydrogen) atoms. The van der Waals surface area contributed by atoms with E-state index in [0.29, 0.717) is 25.3 Å². The number of benzene rings is 2. The van der Waals surface area contributed by atoms with Crippen molar-refractivity contribution >= 4 is 11.7 Å². The van der Waals surface area contributed by atoms with Crippen LogP contribution in [0.5, 0.6) is 5.75 Å². The van der Waals surface area contributed by atoms with Crippen LogP contribution in [0.15, 0.2) is 54.6 Å². The number of anilines is 1. The van der Waals surface area contributed by atoms with Gasteiger partial charge in [-0.2, -0.15) is 5.26 Å². The van der Waals surface area contributed by atoms with E-state index in [1.807, 2.05) is 48.5 Å². The number of amides is 2. The Bertz CT molecular complexity index is 663. The van der Waals surface area contributed by atoms with Gasteiger partial charge in [0.1, 0.15) is 12.4 Å². The molecule has 1 N–H and O–H groups in total. The van der Waals surface area contributed by atoms with Crippen LogP contribution in [0.3, 0.4) is 0 Å². The van der Waals surface area contributed by atoms with E-state index < -0.39 is 0 Å². The summed E-state index contributed by atoms with van der Waals surface area (Å²) >= 11 is 0. The van der Waals surface area contributed by atoms with Crippen LogP contribution >= 0.6 is 0 Å². The van der Waals surface area contributed by atoms with E-state index in [2.05, 4.69) is 5.32 Å². The summed E-state index contributed by atoms with van der Waals surface area (Å²) in [6.45, 7) is 0.907. The molecule has 0 aliphatic carbocycles. The van der Waals surface area contributed by atoms with Crippen LogP contribution in [0.25, 0.3) is 0 Å². The molecule has 0 atom stereocenters. The molecule has 0 aliphatic heterocycles. The van der Waals surface area contributed by atoms with Crippen LogP contribution in [0.1, 0.15) is 12.0 Å². The number of nitriles is 1. The van der Waals surface area contributed by atoms with E-state index in [1.165, 1.54) is 4.90 Å². The van der Waals surface area contributed by atoms with Crippen molar-refractivity contribution in [1.29, 1.82) is 5.26 Å². The summed E-state index contributed by atoms with van der Waals surface area (Å²) in [4.78, 5) is 13.4. The number of nitrogens with zero attached hydrogens (tertiary/aromatic N) is 2. The fourth-order valence-electron chi connectivity index (χ4n) is 1.91. The highest BCUT2D eigenvalue weighted by atomic mass is 16.5. The largest absolute Gasteiger partial charge is 0.489 e. The van der Waals surface area contributed by atoms with Crippen LogP contribution < -0.4 is 10.1 Å². The lowest BCUT2D eigenvalue weighted by Crippen LogP contribution is -2.31. The summed E-state index contributed by atoms with van der Waals surface area (Å²) in [5.74, 6) is 0.740. The number of carbonyl (C=O) groups excluding carboxylic acids is 1. The van der Waals surface area contributed by atoms with Crippen LogP contribution in [0, 0.1) is 11.3 Å². The van der Waals surface area contributed by atoms with Gasteiger partial charge < -0.3 is 15.0 Å². The first-order chi connectivity index (χ1) is 11.2. The van der Waals surface area contributed by atoms with Crippen molar-refractivity contribution in [2.75, 3.05) is 18.9 Å². The molecule has 2 amide bonds. The Kier molecular flexibility index (Phi) is 6.01. The first kappa shape index (κ1) is 16.4. The van der Waals surface area contributed by atoms with Crippen LogP contribution in [0.4, 0.5) is 10.5 Å². The normalized spacial score (nSPS) is 9.74. The fraction of sp³-hybridized carbons (Fsp3) is 0.222. The van der Waals surface area contributed by atoms with Gasteiger partial charge in [-0.15, -0.1) is 0 Å². The fourth-order valence-corrected chi connectivity index (χ4v) is 1.91. The Morgan fingerprint density at radius 3 is 2.52 bits per heavy atom. The van der Waals surface area contributed by atoms with Gasteiger partial charge in [0, 0.05) is 19.3 Å². The number of hydrogen-bond donors (Lipinski definition) is 1. The van der Waals surface area contributed by atoms with Crippen molar-refractivity contribution in [3.63, 3.8) is 0 Å². The van der Waals surface area contributed by atoms with Crippen molar-refractivity contribution in [2.45, 2.75) is 13.0 Å². The first-order valence-electron chi connectivity index (χ1n) is 7.35. The zero-order chi connectivity index (χ0) is 16.5. The molecule has 0 fully saturated rings. The van der Waals surface area contributed by atoms with E-state index in [9.17, 15) is 4.79 Å². The maximum Gasteiger partial charge on any atom is 0.321 e. The predicted octanol–water partition coefficient (Wildman–Crippen LogP) is 3.64. The van der Waals surface area contributed by atoms with Gasteiger partial charge in [0.15, 0.2) is 0 Å². The molecule has 0 aliphatic rings. The van der Waals surface area contributed by atoms with Gasteiger partial charge in [-0.05, 0) is 29.8 Å². The molecule has 0 aromatic heterocycles. The van der Waals surface area contributed by atoms with Gasteiger partial charge in [0.05, 0.1) is 12.5 Å². The third-order valence-electron chi connectivity index (χ3n) is 3.26. The summed E-state index contributed by atoms with van der Waals surface area (Å²) in [6, 6.07) is 18.9. The molecular weight excluding hydrogens is 290 g/mol. The molecule has 2 aromatic carbocycles. The van der Waals surface area contributed by atoms with Gasteiger partial charge >= 0.3 is 6.03 Å². The highest BCUT2D eigenvalue weighted by Crippen LogP contribution is 2.17. The Labute approximate surface area is 136 Å². The van der Waals surface area contributed by atoms with E-state index >= 15 is 0 Å². The number of carbonyl (C=O) groups is 1. The molecule has 5 nitrogen and oxygen atoms in total. The van der Waals surface area contributed by atoms with E-state index in [1.54, 1.807) is 19.2 Å². The average Bonchev–Trinajstić information content (AvgIpc) is 2.60. The van der Waals surface area contributed by atoms with Crippen molar-refractivity contribution in [2.24, 2.45) is 0 Å². The first-order valence-corrected chi connectivity index (χ1v) is 7.35. The average molecular weight is 309 g/mol. The molecule has 2 rings (SSSR count). The van der Waals surface area contributed by atoms with Gasteiger partial charge in [0.2, 0.25) is 0 Å². The second-order valence-corrected chi connectivity index (χ2v) is 5.06. The molecule has 0 bridgehead atoms. The molecule has 2 aromatic rings. The Morgan fingerprint density at radius 2 is 1.87 bits per heavy atom. The molecule has 5 heteroatoms. The van der Waals surface area contributed by atoms with Gasteiger partial charge in [-0.3, -0.25) is 0 Å². The number of nitrogens with one attached hydrogen (secondary N) is 1. The zero-order valence-electron chi connectivity index (χ0n) is 13.0. The smallest absolute Gasteiger partial charge is 0.321 e. The van der Waals surface area contributed by atoms with Gasteiger partial charge in [-0.1, -0.05) is 30.3 Å². The summed E-state index contributed by atoms with van der Waals surface area (Å²) in [7, 11) is 1.66. The minimum Gasteiger partial charge on any atom is -0.489 e. The molecule has 0 spiro atoms. The molecule has 0 heterocycles. The molecule has 0 radical (unpaired) electrons. The van der Waals surface area contributed by atoms with E-state index in [4.69, 9.17) is 10.00 Å². The third kappa shape index (κ3) is 5.36. The number of hydrogen-bond acceptors (Lipinski definition) is 3. The van der Waals surface area contributed by atoms with E-state index in [-0.39, 0.29) is 6.03 Å². The zero-order valence-corrected chi connectivity index (χ0v) is 13.0. The van der Waals surface area contributed by atoms with E-state index in [0.717, 1.165) is 11.3 Å². The third-order valence-corrected chi connectivity index (χ3v) is 3.26. The Hall–Kier alpha value is -3.00. The summed E-state index contributed by atoms with van der Waals surface area (Å²) in [5.41, 5.74) is 1.79. The van der Waals surface area contributed by atoms with Gasteiger partial charge in [0.25, 0.3) is 0 Å². The standard InChI is InChI=1S/C18H19N3O2/c1-21(13-5-12-19)18(22)20-16-8-10-17(11-9-16)23-14-15-6-3-2-4-7-15/h2-4,6-11H,5,13-14H2,1H3,(H,20,22). The molecular formula is C18H19N3O2. The lowest BCUT2D eigenvalue weighted by molar-refractivity contribution is 0.223. The number of ether oxygens (including phenoxy) is 1. The predicted molar refractivity (Wildman–Crippen MR) is 89.1 cm³/mol. The summed E-state index contributed by atoms with van der Waals surface area (Å²) in [6.07, 6.45) is 0.316.